The van der Waals surface area contributed by atoms with Gasteiger partial charge < -0.3 is 0 Å². The lowest BCUT2D eigenvalue weighted by Crippen LogP contribution is -1.98. The van der Waals surface area contributed by atoms with Gasteiger partial charge in [-0.25, -0.2) is 0 Å². The number of para-hydroxylation sites is 1. The highest BCUT2D eigenvalue weighted by Gasteiger charge is 2.15. The van der Waals surface area contributed by atoms with E-state index in [1.165, 1.54) is 15.6 Å². The van der Waals surface area contributed by atoms with Gasteiger partial charge in [0.05, 0.1) is 5.69 Å². The van der Waals surface area contributed by atoms with Crippen LogP contribution in [0.25, 0.3) is 26.9 Å². The molecular formula is C21H13ClN4S2. The first-order valence-electron chi connectivity index (χ1n) is 8.57. The zero-order valence-electron chi connectivity index (χ0n) is 14.5. The summed E-state index contributed by atoms with van der Waals surface area (Å²) in [5.41, 5.74) is 3.27. The molecule has 0 saturated heterocycles. The first-order valence-corrected chi connectivity index (χ1v) is 10.6. The summed E-state index contributed by atoms with van der Waals surface area (Å²) in [4.78, 5) is 1.12. The quantitative estimate of drug-likeness (QED) is 0.340. The molecule has 0 atom stereocenters. The van der Waals surface area contributed by atoms with Gasteiger partial charge in [-0.2, -0.15) is 4.68 Å². The molecule has 0 fully saturated rings. The van der Waals surface area contributed by atoms with Gasteiger partial charge in [0.25, 0.3) is 0 Å². The lowest BCUT2D eigenvalue weighted by Gasteiger charge is -2.07. The van der Waals surface area contributed by atoms with E-state index in [9.17, 15) is 0 Å². The molecule has 5 aromatic rings. The second-order valence-corrected chi connectivity index (χ2v) is 8.45. The van der Waals surface area contributed by atoms with E-state index < -0.39 is 0 Å². The van der Waals surface area contributed by atoms with E-state index in [0.717, 1.165) is 26.3 Å². The van der Waals surface area contributed by atoms with E-state index >= 15 is 0 Å². The Balaban J connectivity index is 1.61. The van der Waals surface area contributed by atoms with Crippen molar-refractivity contribution in [3.8, 4) is 16.8 Å². The molecule has 2 heterocycles. The van der Waals surface area contributed by atoms with Crippen molar-refractivity contribution in [2.45, 2.75) is 10.1 Å². The minimum absolute atomic E-state index is 0.729. The van der Waals surface area contributed by atoms with Crippen LogP contribution in [0.15, 0.2) is 88.2 Å². The molecule has 0 amide bonds. The number of fused-ring (bicyclic) bond motifs is 1. The Morgan fingerprint density at radius 2 is 1.71 bits per heavy atom. The summed E-state index contributed by atoms with van der Waals surface area (Å²) in [6.07, 6.45) is 0. The molecule has 0 spiro atoms. The minimum Gasteiger partial charge on any atom is -0.187 e. The maximum absolute atomic E-state index is 6.07. The maximum atomic E-state index is 6.07. The van der Waals surface area contributed by atoms with Gasteiger partial charge in [-0.3, -0.25) is 0 Å². The second kappa shape index (κ2) is 7.39. The van der Waals surface area contributed by atoms with Crippen molar-refractivity contribution in [1.29, 1.82) is 0 Å². The van der Waals surface area contributed by atoms with E-state index in [1.54, 1.807) is 27.8 Å². The Labute approximate surface area is 174 Å². The SMILES string of the molecule is Clc1ccc(-c2csc3cccc(Sc4nnnn4-c4ccccc4)c23)cc1. The minimum atomic E-state index is 0.729. The summed E-state index contributed by atoms with van der Waals surface area (Å²) in [5.74, 6) is 0. The number of hydrogen-bond acceptors (Lipinski definition) is 5. The van der Waals surface area contributed by atoms with Crippen LogP contribution in [0.1, 0.15) is 0 Å². The molecule has 0 aliphatic rings. The molecule has 2 aromatic heterocycles. The largest absolute Gasteiger partial charge is 0.218 e. The number of nitrogens with zero attached hydrogens (tertiary/aromatic N) is 4. The molecule has 0 saturated carbocycles. The molecular weight excluding hydrogens is 408 g/mol. The fraction of sp³-hybridized carbons (Fsp3) is 0. The van der Waals surface area contributed by atoms with Crippen LogP contribution in [0.4, 0.5) is 0 Å². The summed E-state index contributed by atoms with van der Waals surface area (Å²) in [6.45, 7) is 0. The summed E-state index contributed by atoms with van der Waals surface area (Å²) in [7, 11) is 0. The van der Waals surface area contributed by atoms with E-state index in [1.807, 2.05) is 42.5 Å². The van der Waals surface area contributed by atoms with Gasteiger partial charge in [-0.05, 0) is 69.5 Å². The third-order valence-electron chi connectivity index (χ3n) is 4.36. The van der Waals surface area contributed by atoms with Crippen LogP contribution < -0.4 is 0 Å². The van der Waals surface area contributed by atoms with Gasteiger partial charge in [-0.15, -0.1) is 16.4 Å². The molecule has 3 aromatic carbocycles. The van der Waals surface area contributed by atoms with E-state index in [4.69, 9.17) is 11.6 Å². The number of hydrogen-bond donors (Lipinski definition) is 0. The van der Waals surface area contributed by atoms with Crippen LogP contribution in [0, 0.1) is 0 Å². The molecule has 0 bridgehead atoms. The summed E-state index contributed by atoms with van der Waals surface area (Å²) in [6, 6.07) is 24.2. The van der Waals surface area contributed by atoms with Crippen molar-refractivity contribution < 1.29 is 0 Å². The highest BCUT2D eigenvalue weighted by atomic mass is 35.5. The maximum Gasteiger partial charge on any atom is 0.218 e. The Morgan fingerprint density at radius 3 is 2.54 bits per heavy atom. The van der Waals surface area contributed by atoms with Crippen molar-refractivity contribution in [1.82, 2.24) is 20.2 Å². The summed E-state index contributed by atoms with van der Waals surface area (Å²) >= 11 is 9.37. The molecule has 0 aliphatic carbocycles. The Bertz CT molecular complexity index is 1250. The third kappa shape index (κ3) is 3.20. The molecule has 0 radical (unpaired) electrons. The number of tetrazole rings is 1. The fourth-order valence-corrected chi connectivity index (χ4v) is 5.21. The Hall–Kier alpha value is -2.67. The normalized spacial score (nSPS) is 11.2. The topological polar surface area (TPSA) is 43.6 Å². The molecule has 28 heavy (non-hydrogen) atoms. The van der Waals surface area contributed by atoms with Gasteiger partial charge in [0, 0.05) is 25.6 Å². The van der Waals surface area contributed by atoms with Crippen LogP contribution in [-0.4, -0.2) is 20.2 Å². The van der Waals surface area contributed by atoms with E-state index in [0.29, 0.717) is 0 Å². The second-order valence-electron chi connectivity index (χ2n) is 6.10. The first kappa shape index (κ1) is 17.4. The lowest BCUT2D eigenvalue weighted by molar-refractivity contribution is 0.756. The Morgan fingerprint density at radius 1 is 0.893 bits per heavy atom. The van der Waals surface area contributed by atoms with Crippen molar-refractivity contribution >= 4 is 44.8 Å². The van der Waals surface area contributed by atoms with E-state index in [2.05, 4.69) is 51.2 Å². The van der Waals surface area contributed by atoms with Crippen LogP contribution in [-0.2, 0) is 0 Å². The van der Waals surface area contributed by atoms with Crippen LogP contribution >= 0.6 is 34.7 Å². The number of rotatable bonds is 4. The van der Waals surface area contributed by atoms with Crippen molar-refractivity contribution in [2.24, 2.45) is 0 Å². The average Bonchev–Trinajstić information content (AvgIpc) is 3.37. The summed E-state index contributed by atoms with van der Waals surface area (Å²) in [5, 5.41) is 17.2. The molecule has 7 heteroatoms. The zero-order valence-corrected chi connectivity index (χ0v) is 16.9. The molecule has 0 aliphatic heterocycles. The van der Waals surface area contributed by atoms with Crippen molar-refractivity contribution in [2.75, 3.05) is 0 Å². The number of halogens is 1. The average molecular weight is 421 g/mol. The van der Waals surface area contributed by atoms with Gasteiger partial charge in [-0.1, -0.05) is 48.0 Å². The zero-order chi connectivity index (χ0) is 18.9. The fourth-order valence-electron chi connectivity index (χ4n) is 3.06. The van der Waals surface area contributed by atoms with Crippen molar-refractivity contribution in [3.63, 3.8) is 0 Å². The molecule has 136 valence electrons. The monoisotopic (exact) mass is 420 g/mol. The number of thiophene rings is 1. The molecule has 4 nitrogen and oxygen atoms in total. The highest BCUT2D eigenvalue weighted by molar-refractivity contribution is 7.99. The van der Waals surface area contributed by atoms with Gasteiger partial charge in [0.1, 0.15) is 0 Å². The van der Waals surface area contributed by atoms with Gasteiger partial charge in [0.15, 0.2) is 0 Å². The smallest absolute Gasteiger partial charge is 0.187 e. The van der Waals surface area contributed by atoms with Crippen LogP contribution in [0.2, 0.25) is 5.02 Å². The van der Waals surface area contributed by atoms with E-state index in [-0.39, 0.29) is 0 Å². The van der Waals surface area contributed by atoms with Gasteiger partial charge >= 0.3 is 0 Å². The standard InChI is InChI=1S/C21H13ClN4S2/c22-15-11-9-14(10-12-15)17-13-27-18-7-4-8-19(20(17)18)28-21-23-24-25-26(21)16-5-2-1-3-6-16/h1-13H. The predicted octanol–water partition coefficient (Wildman–Crippen LogP) is 6.35. The summed E-state index contributed by atoms with van der Waals surface area (Å²) < 4.78 is 2.99. The molecule has 0 unspecified atom stereocenters. The third-order valence-corrected chi connectivity index (χ3v) is 6.56. The van der Waals surface area contributed by atoms with Gasteiger partial charge in [0.2, 0.25) is 5.16 Å². The first-order chi connectivity index (χ1) is 13.8. The van der Waals surface area contributed by atoms with Crippen LogP contribution in [0.5, 0.6) is 0 Å². The Kier molecular flexibility index (Phi) is 4.60. The number of aromatic nitrogens is 4. The predicted molar refractivity (Wildman–Crippen MR) is 116 cm³/mol. The highest BCUT2D eigenvalue weighted by Crippen LogP contribution is 2.42. The lowest BCUT2D eigenvalue weighted by atomic mass is 10.1. The number of benzene rings is 3. The van der Waals surface area contributed by atoms with Crippen LogP contribution in [0.3, 0.4) is 0 Å². The van der Waals surface area contributed by atoms with Crippen molar-refractivity contribution in [3.05, 3.63) is 83.2 Å². The molecule has 5 rings (SSSR count). The molecule has 0 N–H and O–H groups in total.